The monoisotopic (exact) mass is 269 g/mol. The van der Waals surface area contributed by atoms with Crippen LogP contribution in [0.1, 0.15) is 23.7 Å². The number of aromatic hydroxyl groups is 1. The van der Waals surface area contributed by atoms with E-state index in [1.54, 1.807) is 12.1 Å². The van der Waals surface area contributed by atoms with Crippen LogP contribution in [0.3, 0.4) is 0 Å². The summed E-state index contributed by atoms with van der Waals surface area (Å²) in [6.45, 7) is 2.77. The maximum atomic E-state index is 11.8. The van der Waals surface area contributed by atoms with Crippen molar-refractivity contribution in [2.75, 3.05) is 25.2 Å². The number of ether oxygens (including phenoxy) is 1. The van der Waals surface area contributed by atoms with Gasteiger partial charge in [-0.05, 0) is 36.1 Å². The van der Waals surface area contributed by atoms with Crippen molar-refractivity contribution in [2.45, 2.75) is 13.3 Å². The molecule has 1 aromatic rings. The van der Waals surface area contributed by atoms with Crippen LogP contribution < -0.4 is 10.1 Å². The Labute approximate surface area is 112 Å². The van der Waals surface area contributed by atoms with Gasteiger partial charge in [0.2, 0.25) is 0 Å². The summed E-state index contributed by atoms with van der Waals surface area (Å²) in [6.07, 6.45) is 0.951. The van der Waals surface area contributed by atoms with Gasteiger partial charge in [-0.2, -0.15) is 11.8 Å². The molecule has 4 nitrogen and oxygen atoms in total. The zero-order valence-corrected chi connectivity index (χ0v) is 11.5. The van der Waals surface area contributed by atoms with Gasteiger partial charge < -0.3 is 15.2 Å². The number of benzene rings is 1. The second-order valence-electron chi connectivity index (χ2n) is 3.69. The number of methoxy groups -OCH3 is 1. The lowest BCUT2D eigenvalue weighted by atomic mass is 10.2. The highest BCUT2D eigenvalue weighted by molar-refractivity contribution is 7.99. The number of carbonyl (C=O) groups is 1. The van der Waals surface area contributed by atoms with Gasteiger partial charge in [0.1, 0.15) is 0 Å². The van der Waals surface area contributed by atoms with Gasteiger partial charge in [-0.1, -0.05) is 6.92 Å². The Morgan fingerprint density at radius 1 is 1.50 bits per heavy atom. The molecule has 100 valence electrons. The second-order valence-corrected chi connectivity index (χ2v) is 5.09. The fourth-order valence-corrected chi connectivity index (χ4v) is 2.09. The van der Waals surface area contributed by atoms with E-state index in [1.165, 1.54) is 13.2 Å². The summed E-state index contributed by atoms with van der Waals surface area (Å²) in [7, 11) is 1.47. The van der Waals surface area contributed by atoms with Crippen molar-refractivity contribution in [1.82, 2.24) is 5.32 Å². The predicted molar refractivity (Wildman–Crippen MR) is 74.6 cm³/mol. The quantitative estimate of drug-likeness (QED) is 0.746. The number of amides is 1. The van der Waals surface area contributed by atoms with Crippen molar-refractivity contribution in [3.63, 3.8) is 0 Å². The standard InChI is InChI=1S/C13H19NO3S/c1-3-18-8-4-7-14-13(16)10-5-6-12(17-2)11(15)9-10/h5-6,9,15H,3-4,7-8H2,1-2H3,(H,14,16). The third-order valence-electron chi connectivity index (χ3n) is 2.40. The van der Waals surface area contributed by atoms with Crippen LogP contribution in [0, 0.1) is 0 Å². The van der Waals surface area contributed by atoms with Crippen LogP contribution in [0.25, 0.3) is 0 Å². The largest absolute Gasteiger partial charge is 0.504 e. The van der Waals surface area contributed by atoms with Gasteiger partial charge in [0.05, 0.1) is 7.11 Å². The van der Waals surface area contributed by atoms with Crippen molar-refractivity contribution >= 4 is 17.7 Å². The highest BCUT2D eigenvalue weighted by atomic mass is 32.2. The average molecular weight is 269 g/mol. The van der Waals surface area contributed by atoms with Gasteiger partial charge >= 0.3 is 0 Å². The molecule has 18 heavy (non-hydrogen) atoms. The molecule has 0 bridgehead atoms. The number of phenolic OH excluding ortho intramolecular Hbond substituents is 1. The van der Waals surface area contributed by atoms with Crippen molar-refractivity contribution in [2.24, 2.45) is 0 Å². The lowest BCUT2D eigenvalue weighted by Crippen LogP contribution is -2.24. The van der Waals surface area contributed by atoms with E-state index in [0.29, 0.717) is 17.9 Å². The third-order valence-corrected chi connectivity index (χ3v) is 3.38. The molecule has 0 saturated heterocycles. The minimum absolute atomic E-state index is 0.0216. The summed E-state index contributed by atoms with van der Waals surface area (Å²) >= 11 is 1.86. The first-order valence-corrected chi connectivity index (χ1v) is 7.07. The summed E-state index contributed by atoms with van der Waals surface area (Å²) in [5, 5.41) is 12.4. The molecule has 0 aliphatic heterocycles. The first kappa shape index (κ1) is 14.7. The molecule has 0 aromatic heterocycles. The molecule has 0 saturated carbocycles. The zero-order chi connectivity index (χ0) is 13.4. The minimum atomic E-state index is -0.172. The van der Waals surface area contributed by atoms with E-state index in [4.69, 9.17) is 4.74 Å². The Hall–Kier alpha value is -1.36. The van der Waals surface area contributed by atoms with E-state index >= 15 is 0 Å². The lowest BCUT2D eigenvalue weighted by molar-refractivity contribution is 0.0953. The normalized spacial score (nSPS) is 10.1. The Kier molecular flexibility index (Phi) is 6.43. The fraction of sp³-hybridized carbons (Fsp3) is 0.462. The van der Waals surface area contributed by atoms with Crippen LogP contribution in [0.4, 0.5) is 0 Å². The van der Waals surface area contributed by atoms with E-state index in [-0.39, 0.29) is 11.7 Å². The summed E-state index contributed by atoms with van der Waals surface area (Å²) in [5.41, 5.74) is 0.441. The molecule has 0 radical (unpaired) electrons. The van der Waals surface area contributed by atoms with Gasteiger partial charge in [0, 0.05) is 12.1 Å². The van der Waals surface area contributed by atoms with Crippen LogP contribution in [0.2, 0.25) is 0 Å². The van der Waals surface area contributed by atoms with Gasteiger partial charge in [-0.3, -0.25) is 4.79 Å². The molecule has 0 spiro atoms. The molecule has 1 aromatic carbocycles. The number of nitrogens with one attached hydrogen (secondary N) is 1. The maximum Gasteiger partial charge on any atom is 0.251 e. The Balaban J connectivity index is 2.44. The molecular formula is C13H19NO3S. The van der Waals surface area contributed by atoms with Crippen LogP contribution in [0.15, 0.2) is 18.2 Å². The molecule has 2 N–H and O–H groups in total. The molecular weight excluding hydrogens is 250 g/mol. The number of rotatable bonds is 7. The minimum Gasteiger partial charge on any atom is -0.504 e. The Morgan fingerprint density at radius 2 is 2.28 bits per heavy atom. The average Bonchev–Trinajstić information content (AvgIpc) is 2.38. The summed E-state index contributed by atoms with van der Waals surface area (Å²) in [4.78, 5) is 11.8. The van der Waals surface area contributed by atoms with Crippen LogP contribution in [-0.4, -0.2) is 36.2 Å². The molecule has 0 fully saturated rings. The first-order chi connectivity index (χ1) is 8.69. The van der Waals surface area contributed by atoms with Crippen LogP contribution >= 0.6 is 11.8 Å². The fourth-order valence-electron chi connectivity index (χ4n) is 1.45. The van der Waals surface area contributed by atoms with E-state index < -0.39 is 0 Å². The van der Waals surface area contributed by atoms with E-state index in [1.807, 2.05) is 11.8 Å². The number of hydrogen-bond acceptors (Lipinski definition) is 4. The molecule has 0 atom stereocenters. The van der Waals surface area contributed by atoms with Crippen molar-refractivity contribution in [1.29, 1.82) is 0 Å². The molecule has 1 amide bonds. The molecule has 0 heterocycles. The van der Waals surface area contributed by atoms with Crippen molar-refractivity contribution < 1.29 is 14.6 Å². The summed E-state index contributed by atoms with van der Waals surface area (Å²) < 4.78 is 4.92. The highest BCUT2D eigenvalue weighted by Gasteiger charge is 2.08. The Morgan fingerprint density at radius 3 is 2.89 bits per heavy atom. The predicted octanol–water partition coefficient (Wildman–Crippen LogP) is 2.27. The number of carbonyl (C=O) groups excluding carboxylic acids is 1. The van der Waals surface area contributed by atoms with Gasteiger partial charge in [0.15, 0.2) is 11.5 Å². The van der Waals surface area contributed by atoms with Crippen LogP contribution in [0.5, 0.6) is 11.5 Å². The van der Waals surface area contributed by atoms with Gasteiger partial charge in [-0.25, -0.2) is 0 Å². The maximum absolute atomic E-state index is 11.8. The second kappa shape index (κ2) is 7.87. The van der Waals surface area contributed by atoms with E-state index in [9.17, 15) is 9.90 Å². The van der Waals surface area contributed by atoms with Crippen molar-refractivity contribution in [3.05, 3.63) is 23.8 Å². The van der Waals surface area contributed by atoms with Gasteiger partial charge in [0.25, 0.3) is 5.91 Å². The molecule has 0 unspecified atom stereocenters. The summed E-state index contributed by atoms with van der Waals surface area (Å²) in [6, 6.07) is 4.63. The number of phenols is 1. The third kappa shape index (κ3) is 4.49. The van der Waals surface area contributed by atoms with Crippen molar-refractivity contribution in [3.8, 4) is 11.5 Å². The molecule has 1 rings (SSSR count). The molecule has 0 aliphatic rings. The Bertz CT molecular complexity index is 396. The van der Waals surface area contributed by atoms with Gasteiger partial charge in [-0.15, -0.1) is 0 Å². The van der Waals surface area contributed by atoms with Crippen LogP contribution in [-0.2, 0) is 0 Å². The molecule has 5 heteroatoms. The topological polar surface area (TPSA) is 58.6 Å². The smallest absolute Gasteiger partial charge is 0.251 e. The lowest BCUT2D eigenvalue weighted by Gasteiger charge is -2.07. The number of thioether (sulfide) groups is 1. The first-order valence-electron chi connectivity index (χ1n) is 5.92. The zero-order valence-electron chi connectivity index (χ0n) is 10.7. The van der Waals surface area contributed by atoms with E-state index in [0.717, 1.165) is 17.9 Å². The number of hydrogen-bond donors (Lipinski definition) is 2. The highest BCUT2D eigenvalue weighted by Crippen LogP contribution is 2.25. The summed E-state index contributed by atoms with van der Waals surface area (Å²) in [5.74, 6) is 2.32. The SMILES string of the molecule is CCSCCCNC(=O)c1ccc(OC)c(O)c1. The van der Waals surface area contributed by atoms with E-state index in [2.05, 4.69) is 12.2 Å². The molecule has 0 aliphatic carbocycles.